The fourth-order valence-corrected chi connectivity index (χ4v) is 3.72. The van der Waals surface area contributed by atoms with Crippen LogP contribution in [0.5, 0.6) is 5.75 Å². The molecule has 0 N–H and O–H groups in total. The van der Waals surface area contributed by atoms with E-state index in [1.165, 1.54) is 0 Å². The van der Waals surface area contributed by atoms with Gasteiger partial charge >= 0.3 is 0 Å². The van der Waals surface area contributed by atoms with Gasteiger partial charge in [0.25, 0.3) is 0 Å². The predicted molar refractivity (Wildman–Crippen MR) is 95.8 cm³/mol. The molecule has 2 aromatic rings. The molecule has 3 nitrogen and oxygen atoms in total. The molecule has 0 bridgehead atoms. The molecule has 0 fully saturated rings. The fraction of sp³-hybridized carbons (Fsp3) is 0.381. The third-order valence-corrected chi connectivity index (χ3v) is 4.70. The summed E-state index contributed by atoms with van der Waals surface area (Å²) in [4.78, 5) is 11.1. The second kappa shape index (κ2) is 6.06. The highest BCUT2D eigenvalue weighted by molar-refractivity contribution is 5.81. The molecule has 0 amide bonds. The topological polar surface area (TPSA) is 35.5 Å². The quantitative estimate of drug-likeness (QED) is 0.740. The minimum atomic E-state index is -0.390. The molecule has 126 valence electrons. The maximum absolute atomic E-state index is 11.1. The predicted octanol–water partition coefficient (Wildman–Crippen LogP) is 5.03. The molecular formula is C21H24O3. The zero-order valence-corrected chi connectivity index (χ0v) is 15.0. The molecule has 3 rings (SSSR count). The first kappa shape index (κ1) is 16.7. The second-order valence-corrected chi connectivity index (χ2v) is 6.89. The van der Waals surface area contributed by atoms with Crippen molar-refractivity contribution in [3.63, 3.8) is 0 Å². The summed E-state index contributed by atoms with van der Waals surface area (Å²) in [6.45, 7) is 11.0. The Labute approximate surface area is 143 Å². The highest BCUT2D eigenvalue weighted by Crippen LogP contribution is 2.49. The van der Waals surface area contributed by atoms with E-state index in [0.29, 0.717) is 12.2 Å². The Morgan fingerprint density at radius 2 is 2.00 bits per heavy atom. The van der Waals surface area contributed by atoms with Crippen LogP contribution in [0.4, 0.5) is 0 Å². The Hall–Kier alpha value is -2.13. The molecule has 24 heavy (non-hydrogen) atoms. The van der Waals surface area contributed by atoms with Crippen LogP contribution in [0.15, 0.2) is 30.3 Å². The number of carbonyl (C=O) groups is 1. The summed E-state index contributed by atoms with van der Waals surface area (Å²) in [6.07, 6.45) is 0.794. The Bertz CT molecular complexity index is 790. The molecule has 1 aliphatic heterocycles. The average molecular weight is 324 g/mol. The first-order chi connectivity index (χ1) is 11.4. The van der Waals surface area contributed by atoms with Crippen LogP contribution >= 0.6 is 0 Å². The van der Waals surface area contributed by atoms with Crippen molar-refractivity contribution in [1.82, 2.24) is 0 Å². The fourth-order valence-electron chi connectivity index (χ4n) is 3.72. The SMILES string of the molecule is CCOC1c2c(cc(C)c(-c3cccc(C=O)c3)c2C)OC1(C)C. The summed E-state index contributed by atoms with van der Waals surface area (Å²) in [5.74, 6) is 0.906. The third-order valence-electron chi connectivity index (χ3n) is 4.70. The van der Waals surface area contributed by atoms with Crippen LogP contribution < -0.4 is 4.74 Å². The van der Waals surface area contributed by atoms with Crippen LogP contribution in [0, 0.1) is 13.8 Å². The number of hydrogen-bond donors (Lipinski definition) is 0. The van der Waals surface area contributed by atoms with Crippen molar-refractivity contribution in [2.45, 2.75) is 46.3 Å². The summed E-state index contributed by atoms with van der Waals surface area (Å²) >= 11 is 0. The van der Waals surface area contributed by atoms with Gasteiger partial charge in [-0.2, -0.15) is 0 Å². The number of rotatable bonds is 4. The van der Waals surface area contributed by atoms with E-state index in [1.807, 2.05) is 31.2 Å². The lowest BCUT2D eigenvalue weighted by molar-refractivity contribution is -0.0473. The zero-order chi connectivity index (χ0) is 17.5. The molecule has 1 atom stereocenters. The van der Waals surface area contributed by atoms with Crippen molar-refractivity contribution in [3.05, 3.63) is 52.6 Å². The van der Waals surface area contributed by atoms with Gasteiger partial charge in [-0.1, -0.05) is 18.2 Å². The summed E-state index contributed by atoms with van der Waals surface area (Å²) in [5.41, 5.74) is 5.93. The summed E-state index contributed by atoms with van der Waals surface area (Å²) in [7, 11) is 0. The zero-order valence-electron chi connectivity index (χ0n) is 15.0. The number of aryl methyl sites for hydroxylation is 1. The smallest absolute Gasteiger partial charge is 0.150 e. The summed E-state index contributed by atoms with van der Waals surface area (Å²) < 4.78 is 12.2. The van der Waals surface area contributed by atoms with Crippen LogP contribution in [0.3, 0.4) is 0 Å². The molecule has 1 unspecified atom stereocenters. The Balaban J connectivity index is 2.21. The van der Waals surface area contributed by atoms with Crippen molar-refractivity contribution in [3.8, 4) is 16.9 Å². The molecule has 3 heteroatoms. The molecule has 0 saturated carbocycles. The molecule has 1 aliphatic rings. The minimum absolute atomic E-state index is 0.0916. The Morgan fingerprint density at radius 1 is 1.25 bits per heavy atom. The first-order valence-corrected chi connectivity index (χ1v) is 8.39. The lowest BCUT2D eigenvalue weighted by Crippen LogP contribution is -2.32. The lowest BCUT2D eigenvalue weighted by Gasteiger charge is -2.26. The van der Waals surface area contributed by atoms with Crippen LogP contribution in [-0.2, 0) is 4.74 Å². The van der Waals surface area contributed by atoms with Gasteiger partial charge in [-0.05, 0) is 69.0 Å². The number of aldehydes is 1. The summed E-state index contributed by atoms with van der Waals surface area (Å²) in [6, 6.07) is 9.82. The standard InChI is InChI=1S/C21H24O3/c1-6-23-20-19-14(3)18(16-9-7-8-15(11-16)12-22)13(2)10-17(19)24-21(20,4)5/h7-12,20H,6H2,1-5H3. The summed E-state index contributed by atoms with van der Waals surface area (Å²) in [5, 5.41) is 0. The van der Waals surface area contributed by atoms with Crippen LogP contribution in [0.2, 0.25) is 0 Å². The van der Waals surface area contributed by atoms with Crippen LogP contribution in [0.25, 0.3) is 11.1 Å². The van der Waals surface area contributed by atoms with E-state index in [0.717, 1.165) is 39.9 Å². The third kappa shape index (κ3) is 2.63. The van der Waals surface area contributed by atoms with Gasteiger partial charge in [0.15, 0.2) is 0 Å². The molecule has 0 saturated heterocycles. The van der Waals surface area contributed by atoms with Crippen LogP contribution in [-0.4, -0.2) is 18.5 Å². The van der Waals surface area contributed by atoms with Crippen molar-refractivity contribution in [1.29, 1.82) is 0 Å². The van der Waals surface area contributed by atoms with Crippen molar-refractivity contribution < 1.29 is 14.3 Å². The van der Waals surface area contributed by atoms with Gasteiger partial charge in [-0.3, -0.25) is 4.79 Å². The Morgan fingerprint density at radius 3 is 2.67 bits per heavy atom. The normalized spacial score (nSPS) is 18.1. The average Bonchev–Trinajstić information content (AvgIpc) is 2.78. The van der Waals surface area contributed by atoms with E-state index in [2.05, 4.69) is 33.8 Å². The van der Waals surface area contributed by atoms with Gasteiger partial charge in [0.2, 0.25) is 0 Å². The van der Waals surface area contributed by atoms with E-state index in [9.17, 15) is 4.79 Å². The van der Waals surface area contributed by atoms with Gasteiger partial charge in [0, 0.05) is 17.7 Å². The minimum Gasteiger partial charge on any atom is -0.484 e. The maximum atomic E-state index is 11.1. The highest BCUT2D eigenvalue weighted by Gasteiger charge is 2.43. The van der Waals surface area contributed by atoms with Gasteiger partial charge in [-0.25, -0.2) is 0 Å². The van der Waals surface area contributed by atoms with E-state index >= 15 is 0 Å². The molecule has 0 aliphatic carbocycles. The number of fused-ring (bicyclic) bond motifs is 1. The largest absolute Gasteiger partial charge is 0.484 e. The number of hydrogen-bond acceptors (Lipinski definition) is 3. The van der Waals surface area contributed by atoms with Crippen molar-refractivity contribution in [2.24, 2.45) is 0 Å². The maximum Gasteiger partial charge on any atom is 0.150 e. The highest BCUT2D eigenvalue weighted by atomic mass is 16.6. The monoisotopic (exact) mass is 324 g/mol. The number of ether oxygens (including phenoxy) is 2. The lowest BCUT2D eigenvalue weighted by atomic mass is 9.87. The van der Waals surface area contributed by atoms with E-state index in [-0.39, 0.29) is 6.10 Å². The molecule has 0 aromatic heterocycles. The first-order valence-electron chi connectivity index (χ1n) is 8.39. The van der Waals surface area contributed by atoms with E-state index in [4.69, 9.17) is 9.47 Å². The van der Waals surface area contributed by atoms with Crippen molar-refractivity contribution >= 4 is 6.29 Å². The number of carbonyl (C=O) groups excluding carboxylic acids is 1. The van der Waals surface area contributed by atoms with Gasteiger partial charge in [0.1, 0.15) is 23.7 Å². The van der Waals surface area contributed by atoms with Gasteiger partial charge in [0.05, 0.1) is 0 Å². The second-order valence-electron chi connectivity index (χ2n) is 6.89. The molecular weight excluding hydrogens is 300 g/mol. The number of benzene rings is 2. The van der Waals surface area contributed by atoms with Crippen molar-refractivity contribution in [2.75, 3.05) is 6.61 Å². The van der Waals surface area contributed by atoms with Gasteiger partial charge < -0.3 is 9.47 Å². The van der Waals surface area contributed by atoms with Crippen LogP contribution in [0.1, 0.15) is 53.9 Å². The van der Waals surface area contributed by atoms with E-state index in [1.54, 1.807) is 0 Å². The van der Waals surface area contributed by atoms with Gasteiger partial charge in [-0.15, -0.1) is 0 Å². The Kier molecular flexibility index (Phi) is 4.22. The van der Waals surface area contributed by atoms with E-state index < -0.39 is 5.60 Å². The molecule has 1 heterocycles. The molecule has 2 aromatic carbocycles. The molecule has 0 spiro atoms. The molecule has 0 radical (unpaired) electrons.